The summed E-state index contributed by atoms with van der Waals surface area (Å²) in [6.07, 6.45) is 0.911. The second-order valence-corrected chi connectivity index (χ2v) is 9.19. The first-order chi connectivity index (χ1) is 10.2. The number of alkyl carbamates (subject to hydrolysis) is 1. The second kappa shape index (κ2) is 6.98. The number of hydrogen-bond donors (Lipinski definition) is 2. The molecule has 0 heterocycles. The normalized spacial score (nSPS) is 26.2. The summed E-state index contributed by atoms with van der Waals surface area (Å²) >= 11 is 0. The van der Waals surface area contributed by atoms with E-state index in [1.807, 2.05) is 20.8 Å². The number of hydrogen-bond acceptors (Lipinski definition) is 4. The molecular weight excluding hydrogens is 294 g/mol. The lowest BCUT2D eigenvalue weighted by Gasteiger charge is -2.42. The molecule has 23 heavy (non-hydrogen) atoms. The van der Waals surface area contributed by atoms with Crippen molar-refractivity contribution >= 4 is 6.09 Å². The highest BCUT2D eigenvalue weighted by molar-refractivity contribution is 5.68. The van der Waals surface area contributed by atoms with Crippen LogP contribution in [0.15, 0.2) is 0 Å². The van der Waals surface area contributed by atoms with Gasteiger partial charge in [-0.05, 0) is 58.8 Å². The molecule has 0 aromatic carbocycles. The number of amides is 1. The first-order valence-corrected chi connectivity index (χ1v) is 8.53. The Bertz CT molecular complexity index is 406. The fourth-order valence-corrected chi connectivity index (χ4v) is 2.55. The smallest absolute Gasteiger partial charge is 0.407 e. The van der Waals surface area contributed by atoms with Crippen LogP contribution in [0.4, 0.5) is 4.79 Å². The van der Waals surface area contributed by atoms with E-state index in [-0.39, 0.29) is 35.7 Å². The highest BCUT2D eigenvalue weighted by Gasteiger charge is 2.43. The number of nitrogens with one attached hydrogen (secondary N) is 1. The van der Waals surface area contributed by atoms with E-state index in [0.717, 1.165) is 6.42 Å². The fourth-order valence-electron chi connectivity index (χ4n) is 2.55. The van der Waals surface area contributed by atoms with Gasteiger partial charge in [-0.1, -0.05) is 20.8 Å². The van der Waals surface area contributed by atoms with Gasteiger partial charge in [-0.25, -0.2) is 4.79 Å². The quantitative estimate of drug-likeness (QED) is 0.828. The van der Waals surface area contributed by atoms with Gasteiger partial charge in [-0.2, -0.15) is 0 Å². The summed E-state index contributed by atoms with van der Waals surface area (Å²) in [6, 6.07) is -0.136. The standard InChI is InChI=1S/C18H35NO4/c1-16(2,3)18(7,8)22-14-10-12(11-20)9-13(14)19-15(21)23-17(4,5)6/h12-14,20H,9-11H2,1-8H3,(H,19,21)/t12-,13+,14-/m0/s1. The zero-order chi connectivity index (χ0) is 18.1. The van der Waals surface area contributed by atoms with Gasteiger partial charge >= 0.3 is 6.09 Å². The Morgan fingerprint density at radius 1 is 1.09 bits per heavy atom. The lowest BCUT2D eigenvalue weighted by Crippen LogP contribution is -2.49. The van der Waals surface area contributed by atoms with Gasteiger partial charge in [-0.3, -0.25) is 0 Å². The maximum atomic E-state index is 12.1. The minimum atomic E-state index is -0.528. The predicted octanol–water partition coefficient (Wildman–Crippen LogP) is 3.49. The van der Waals surface area contributed by atoms with Crippen LogP contribution >= 0.6 is 0 Å². The Morgan fingerprint density at radius 3 is 2.09 bits per heavy atom. The minimum absolute atomic E-state index is 0.0270. The molecule has 1 rings (SSSR count). The van der Waals surface area contributed by atoms with Crippen LogP contribution in [-0.2, 0) is 9.47 Å². The van der Waals surface area contributed by atoms with Gasteiger partial charge in [0, 0.05) is 6.61 Å². The number of ether oxygens (including phenoxy) is 2. The van der Waals surface area contributed by atoms with Crippen molar-refractivity contribution in [1.29, 1.82) is 0 Å². The molecule has 1 amide bonds. The molecule has 0 unspecified atom stereocenters. The van der Waals surface area contributed by atoms with Crippen LogP contribution in [0, 0.1) is 11.3 Å². The number of aliphatic hydroxyl groups is 1. The molecule has 1 aliphatic carbocycles. The predicted molar refractivity (Wildman–Crippen MR) is 91.4 cm³/mol. The van der Waals surface area contributed by atoms with Crippen molar-refractivity contribution in [3.63, 3.8) is 0 Å². The minimum Gasteiger partial charge on any atom is -0.444 e. The molecule has 2 N–H and O–H groups in total. The summed E-state index contributed by atoms with van der Waals surface area (Å²) in [4.78, 5) is 12.1. The first-order valence-electron chi connectivity index (χ1n) is 8.53. The molecule has 1 fully saturated rings. The molecule has 0 aliphatic heterocycles. The Labute approximate surface area is 141 Å². The van der Waals surface area contributed by atoms with Crippen molar-refractivity contribution in [1.82, 2.24) is 5.32 Å². The third-order valence-electron chi connectivity index (χ3n) is 4.81. The number of carbonyl (C=O) groups excluding carboxylic acids is 1. The van der Waals surface area contributed by atoms with Gasteiger partial charge in [-0.15, -0.1) is 0 Å². The van der Waals surface area contributed by atoms with E-state index in [4.69, 9.17) is 9.47 Å². The van der Waals surface area contributed by atoms with E-state index in [2.05, 4.69) is 39.9 Å². The lowest BCUT2D eigenvalue weighted by molar-refractivity contribution is -0.135. The number of rotatable bonds is 4. The maximum Gasteiger partial charge on any atom is 0.407 e. The number of carbonyl (C=O) groups is 1. The van der Waals surface area contributed by atoms with Crippen molar-refractivity contribution in [3.05, 3.63) is 0 Å². The zero-order valence-electron chi connectivity index (χ0n) is 16.0. The second-order valence-electron chi connectivity index (χ2n) is 9.19. The average Bonchev–Trinajstić information content (AvgIpc) is 2.66. The van der Waals surface area contributed by atoms with Crippen molar-refractivity contribution in [3.8, 4) is 0 Å². The highest BCUT2D eigenvalue weighted by Crippen LogP contribution is 2.38. The topological polar surface area (TPSA) is 67.8 Å². The van der Waals surface area contributed by atoms with Crippen LogP contribution in [-0.4, -0.2) is 41.2 Å². The molecule has 1 aliphatic rings. The van der Waals surface area contributed by atoms with E-state index in [1.54, 1.807) is 0 Å². The fraction of sp³-hybridized carbons (Fsp3) is 0.944. The lowest BCUT2D eigenvalue weighted by atomic mass is 9.79. The SMILES string of the molecule is CC(C)(C)OC(=O)N[C@@H]1C[C@H](CO)C[C@@H]1OC(C)(C)C(C)(C)C. The molecule has 0 saturated heterocycles. The van der Waals surface area contributed by atoms with Crippen molar-refractivity contribution < 1.29 is 19.4 Å². The van der Waals surface area contributed by atoms with Gasteiger partial charge in [0.15, 0.2) is 0 Å². The molecule has 0 aromatic heterocycles. The summed E-state index contributed by atoms with van der Waals surface area (Å²) in [7, 11) is 0. The van der Waals surface area contributed by atoms with Gasteiger partial charge in [0.2, 0.25) is 0 Å². The number of aliphatic hydroxyl groups excluding tert-OH is 1. The van der Waals surface area contributed by atoms with Gasteiger partial charge in [0.1, 0.15) is 5.60 Å². The monoisotopic (exact) mass is 329 g/mol. The average molecular weight is 329 g/mol. The van der Waals surface area contributed by atoms with Crippen molar-refractivity contribution in [2.45, 2.75) is 91.6 Å². The van der Waals surface area contributed by atoms with Crippen LogP contribution in [0.1, 0.15) is 68.2 Å². The highest BCUT2D eigenvalue weighted by atomic mass is 16.6. The maximum absolute atomic E-state index is 12.1. The molecule has 1 saturated carbocycles. The van der Waals surface area contributed by atoms with Gasteiger partial charge in [0.05, 0.1) is 17.7 Å². The van der Waals surface area contributed by atoms with Crippen molar-refractivity contribution in [2.24, 2.45) is 11.3 Å². The van der Waals surface area contributed by atoms with Crippen molar-refractivity contribution in [2.75, 3.05) is 6.61 Å². The molecular formula is C18H35NO4. The summed E-state index contributed by atoms with van der Waals surface area (Å²) in [5.74, 6) is 0.149. The van der Waals surface area contributed by atoms with E-state index in [9.17, 15) is 9.90 Å². The van der Waals surface area contributed by atoms with Crippen LogP contribution < -0.4 is 5.32 Å². The summed E-state index contributed by atoms with van der Waals surface area (Å²) in [5, 5.41) is 12.4. The van der Waals surface area contributed by atoms with E-state index < -0.39 is 11.7 Å². The van der Waals surface area contributed by atoms with Crippen LogP contribution in [0.2, 0.25) is 0 Å². The van der Waals surface area contributed by atoms with Gasteiger partial charge < -0.3 is 19.9 Å². The van der Waals surface area contributed by atoms with Crippen LogP contribution in [0.25, 0.3) is 0 Å². The largest absolute Gasteiger partial charge is 0.444 e. The summed E-state index contributed by atoms with van der Waals surface area (Å²) < 4.78 is 11.7. The van der Waals surface area contributed by atoms with Gasteiger partial charge in [0.25, 0.3) is 0 Å². The Hall–Kier alpha value is -0.810. The molecule has 5 nitrogen and oxygen atoms in total. The molecule has 0 bridgehead atoms. The molecule has 0 aromatic rings. The molecule has 0 spiro atoms. The van der Waals surface area contributed by atoms with E-state index in [1.165, 1.54) is 0 Å². The Kier molecular flexibility index (Phi) is 6.14. The van der Waals surface area contributed by atoms with Crippen LogP contribution in [0.3, 0.4) is 0 Å². The third-order valence-corrected chi connectivity index (χ3v) is 4.81. The summed E-state index contributed by atoms with van der Waals surface area (Å²) in [6.45, 7) is 16.2. The molecule has 0 radical (unpaired) electrons. The third kappa shape index (κ3) is 5.96. The molecule has 136 valence electrons. The Morgan fingerprint density at radius 2 is 1.65 bits per heavy atom. The Balaban J connectivity index is 2.77. The zero-order valence-corrected chi connectivity index (χ0v) is 16.0. The molecule has 3 atom stereocenters. The summed E-state index contributed by atoms with van der Waals surface area (Å²) in [5.41, 5.74) is -0.892. The van der Waals surface area contributed by atoms with Crippen LogP contribution in [0.5, 0.6) is 0 Å². The first kappa shape index (κ1) is 20.2. The molecule has 5 heteroatoms. The van der Waals surface area contributed by atoms with E-state index >= 15 is 0 Å². The van der Waals surface area contributed by atoms with E-state index in [0.29, 0.717) is 6.42 Å².